The molecule has 0 atom stereocenters. The highest BCUT2D eigenvalue weighted by Crippen LogP contribution is 1.87. The third kappa shape index (κ3) is 10.9. The molecule has 2 nitrogen and oxygen atoms in total. The van der Waals surface area contributed by atoms with Gasteiger partial charge in [0.1, 0.15) is 0 Å². The molecule has 1 aromatic heterocycles. The van der Waals surface area contributed by atoms with Crippen molar-refractivity contribution in [2.24, 2.45) is 0 Å². The van der Waals surface area contributed by atoms with Crippen LogP contribution < -0.4 is 0 Å². The number of alkyl halides is 3. The van der Waals surface area contributed by atoms with Crippen LogP contribution in [0.25, 0.3) is 0 Å². The molecular formula is C4H5F3N2. The molecule has 0 aliphatic rings. The van der Waals surface area contributed by atoms with Crippen molar-refractivity contribution in [2.45, 2.75) is 6.68 Å². The fraction of sp³-hybridized carbons (Fsp3) is 0.250. The van der Waals surface area contributed by atoms with Gasteiger partial charge in [-0.25, -0.2) is 4.98 Å². The molecule has 0 saturated heterocycles. The minimum Gasteiger partial charge on any atom is -0.351 e. The number of halogens is 3. The van der Waals surface area contributed by atoms with Gasteiger partial charge < -0.3 is 4.98 Å². The molecule has 1 heterocycles. The monoisotopic (exact) mass is 138 g/mol. The number of nitrogens with zero attached hydrogens (tertiary/aromatic N) is 1. The minimum atomic E-state index is -3.67. The van der Waals surface area contributed by atoms with Gasteiger partial charge in [-0.2, -0.15) is 13.2 Å². The number of imidazole rings is 1. The molecule has 0 bridgehead atoms. The summed E-state index contributed by atoms with van der Waals surface area (Å²) in [5.74, 6) is 0. The summed E-state index contributed by atoms with van der Waals surface area (Å²) >= 11 is 0. The van der Waals surface area contributed by atoms with Gasteiger partial charge in [-0.15, -0.1) is 0 Å². The average Bonchev–Trinajstić information content (AvgIpc) is 2.11. The maximum Gasteiger partial charge on any atom is 0.379 e. The molecule has 0 fully saturated rings. The fourth-order valence-corrected chi connectivity index (χ4v) is 0.215. The van der Waals surface area contributed by atoms with E-state index in [4.69, 9.17) is 0 Å². The van der Waals surface area contributed by atoms with Crippen LogP contribution in [0.2, 0.25) is 0 Å². The van der Waals surface area contributed by atoms with E-state index in [-0.39, 0.29) is 0 Å². The van der Waals surface area contributed by atoms with Crippen LogP contribution in [0, 0.1) is 0 Å². The first-order valence-corrected chi connectivity index (χ1v) is 2.08. The van der Waals surface area contributed by atoms with Crippen molar-refractivity contribution < 1.29 is 13.2 Å². The molecular weight excluding hydrogens is 133 g/mol. The Kier molecular flexibility index (Phi) is 4.57. The van der Waals surface area contributed by atoms with E-state index in [9.17, 15) is 13.2 Å². The molecule has 1 N–H and O–H groups in total. The molecule has 0 aliphatic carbocycles. The number of hydrogen-bond donors (Lipinski definition) is 1. The fourth-order valence-electron chi connectivity index (χ4n) is 0.215. The lowest BCUT2D eigenvalue weighted by Crippen LogP contribution is -1.65. The van der Waals surface area contributed by atoms with Crippen molar-refractivity contribution in [3.8, 4) is 0 Å². The maximum atomic E-state index is 9.67. The summed E-state index contributed by atoms with van der Waals surface area (Å²) < 4.78 is 29.0. The van der Waals surface area contributed by atoms with Gasteiger partial charge in [-0.1, -0.05) is 0 Å². The van der Waals surface area contributed by atoms with Crippen LogP contribution in [0.5, 0.6) is 0 Å². The Bertz CT molecular complexity index is 97.4. The quantitative estimate of drug-likeness (QED) is 0.579. The Balaban J connectivity index is 0.000000148. The first-order chi connectivity index (χ1) is 4.23. The Morgan fingerprint density at radius 2 is 1.89 bits per heavy atom. The van der Waals surface area contributed by atoms with Crippen molar-refractivity contribution in [1.29, 1.82) is 0 Å². The van der Waals surface area contributed by atoms with Gasteiger partial charge in [0, 0.05) is 12.4 Å². The van der Waals surface area contributed by atoms with Gasteiger partial charge in [0.15, 0.2) is 0 Å². The van der Waals surface area contributed by atoms with E-state index in [0.717, 1.165) is 0 Å². The molecule has 9 heavy (non-hydrogen) atoms. The van der Waals surface area contributed by atoms with Crippen LogP contribution in [0.15, 0.2) is 18.7 Å². The lowest BCUT2D eigenvalue weighted by Gasteiger charge is -1.65. The number of aromatic nitrogens is 2. The highest BCUT2D eigenvalue weighted by Gasteiger charge is 1.86. The zero-order chi connectivity index (χ0) is 7.11. The normalized spacial score (nSPS) is 8.44. The zero-order valence-corrected chi connectivity index (χ0v) is 4.39. The summed E-state index contributed by atoms with van der Waals surface area (Å²) in [6.07, 6.45) is 5.08. The molecule has 0 aromatic carbocycles. The summed E-state index contributed by atoms with van der Waals surface area (Å²) in [4.78, 5) is 6.42. The van der Waals surface area contributed by atoms with Crippen molar-refractivity contribution in [1.82, 2.24) is 9.97 Å². The summed E-state index contributed by atoms with van der Waals surface area (Å²) in [5.41, 5.74) is 0. The van der Waals surface area contributed by atoms with E-state index in [1.165, 1.54) is 0 Å². The second kappa shape index (κ2) is 5.14. The van der Waals surface area contributed by atoms with Gasteiger partial charge in [-0.05, 0) is 0 Å². The van der Waals surface area contributed by atoms with Gasteiger partial charge in [0.2, 0.25) is 0 Å². The Morgan fingerprint density at radius 1 is 1.33 bits per heavy atom. The number of aromatic amines is 1. The number of H-pyrrole nitrogens is 1. The third-order valence-electron chi connectivity index (χ3n) is 0.406. The van der Waals surface area contributed by atoms with E-state index in [1.807, 2.05) is 0 Å². The average molecular weight is 138 g/mol. The Hall–Kier alpha value is -1.00. The first kappa shape index (κ1) is 8.00. The molecule has 52 valence electrons. The van der Waals surface area contributed by atoms with Gasteiger partial charge in [-0.3, -0.25) is 0 Å². The van der Waals surface area contributed by atoms with E-state index in [1.54, 1.807) is 18.7 Å². The second-order valence-corrected chi connectivity index (χ2v) is 1.01. The van der Waals surface area contributed by atoms with Crippen LogP contribution in [0.4, 0.5) is 13.2 Å². The SMILES string of the molecule is FC(F)F.c1c[nH]cn1. The third-order valence-corrected chi connectivity index (χ3v) is 0.406. The molecule has 0 saturated carbocycles. The molecule has 5 heteroatoms. The molecule has 0 radical (unpaired) electrons. The van der Waals surface area contributed by atoms with E-state index >= 15 is 0 Å². The number of rotatable bonds is 0. The minimum absolute atomic E-state index is 1.62. The molecule has 0 spiro atoms. The van der Waals surface area contributed by atoms with Gasteiger partial charge in [0.05, 0.1) is 6.33 Å². The number of hydrogen-bond acceptors (Lipinski definition) is 1. The van der Waals surface area contributed by atoms with Crippen LogP contribution in [-0.2, 0) is 0 Å². The summed E-state index contributed by atoms with van der Waals surface area (Å²) in [6.45, 7) is -3.67. The standard InChI is InChI=1S/C3H4N2.CHF3/c1-2-5-3-4-1;2-1(3)4/h1-3H,(H,4,5);1H. The van der Waals surface area contributed by atoms with Crippen molar-refractivity contribution in [3.63, 3.8) is 0 Å². The van der Waals surface area contributed by atoms with Crippen LogP contribution in [0.1, 0.15) is 0 Å². The van der Waals surface area contributed by atoms with E-state index in [0.29, 0.717) is 0 Å². The highest BCUT2D eigenvalue weighted by molar-refractivity contribution is 4.64. The van der Waals surface area contributed by atoms with Crippen LogP contribution >= 0.6 is 0 Å². The lowest BCUT2D eigenvalue weighted by atomic mass is 11.0. The van der Waals surface area contributed by atoms with Crippen LogP contribution in [-0.4, -0.2) is 16.6 Å². The molecule has 0 amide bonds. The van der Waals surface area contributed by atoms with E-state index < -0.39 is 6.68 Å². The van der Waals surface area contributed by atoms with Crippen molar-refractivity contribution in [3.05, 3.63) is 18.7 Å². The summed E-state index contributed by atoms with van der Waals surface area (Å²) in [6, 6.07) is 0. The van der Waals surface area contributed by atoms with Crippen LogP contribution in [0.3, 0.4) is 0 Å². The summed E-state index contributed by atoms with van der Waals surface area (Å²) in [7, 11) is 0. The van der Waals surface area contributed by atoms with Gasteiger partial charge in [0.25, 0.3) is 0 Å². The highest BCUT2D eigenvalue weighted by atomic mass is 19.4. The van der Waals surface area contributed by atoms with Gasteiger partial charge >= 0.3 is 6.68 Å². The molecule has 1 rings (SSSR count). The predicted octanol–water partition coefficient (Wildman–Crippen LogP) is 1.59. The van der Waals surface area contributed by atoms with Crippen molar-refractivity contribution >= 4 is 0 Å². The van der Waals surface area contributed by atoms with E-state index in [2.05, 4.69) is 9.97 Å². The largest absolute Gasteiger partial charge is 0.379 e. The molecule has 0 aliphatic heterocycles. The summed E-state index contributed by atoms with van der Waals surface area (Å²) in [5, 5.41) is 0. The first-order valence-electron chi connectivity index (χ1n) is 2.08. The smallest absolute Gasteiger partial charge is 0.351 e. The molecule has 1 aromatic rings. The zero-order valence-electron chi connectivity index (χ0n) is 4.39. The van der Waals surface area contributed by atoms with Crippen molar-refractivity contribution in [2.75, 3.05) is 0 Å². The topological polar surface area (TPSA) is 28.7 Å². The predicted molar refractivity (Wildman–Crippen MR) is 25.7 cm³/mol. The lowest BCUT2D eigenvalue weighted by molar-refractivity contribution is 0.00819. The number of nitrogens with one attached hydrogen (secondary N) is 1. The Labute approximate surface area is 49.7 Å². The Morgan fingerprint density at radius 3 is 2.00 bits per heavy atom. The maximum absolute atomic E-state index is 9.67. The molecule has 0 unspecified atom stereocenters. The second-order valence-electron chi connectivity index (χ2n) is 1.01.